The fourth-order valence-electron chi connectivity index (χ4n) is 1.39. The second-order valence-corrected chi connectivity index (χ2v) is 4.75. The number of aliphatic hydroxyl groups is 1. The number of nitrogens with two attached hydrogens (primary N) is 1. The zero-order valence-electron chi connectivity index (χ0n) is 10.3. The summed E-state index contributed by atoms with van der Waals surface area (Å²) in [6, 6.07) is 0. The Kier molecular flexibility index (Phi) is 4.46. The Balaban J connectivity index is 2.37. The molecule has 1 aromatic rings. The van der Waals surface area contributed by atoms with Crippen molar-refractivity contribution in [2.45, 2.75) is 25.4 Å². The van der Waals surface area contributed by atoms with Gasteiger partial charge < -0.3 is 15.4 Å². The van der Waals surface area contributed by atoms with Crippen LogP contribution in [0.2, 0.25) is 0 Å². The zero-order chi connectivity index (χ0) is 12.2. The zero-order valence-corrected chi connectivity index (χ0v) is 10.3. The first-order valence-electron chi connectivity index (χ1n) is 5.49. The Morgan fingerprint density at radius 2 is 2.31 bits per heavy atom. The van der Waals surface area contributed by atoms with Crippen LogP contribution in [0, 0.1) is 0 Å². The molecule has 1 atom stereocenters. The second-order valence-electron chi connectivity index (χ2n) is 4.75. The van der Waals surface area contributed by atoms with Gasteiger partial charge in [0.05, 0.1) is 13.2 Å². The van der Waals surface area contributed by atoms with E-state index in [1.807, 2.05) is 31.8 Å². The molecule has 5 heteroatoms. The maximum Gasteiger partial charge on any atom is 0.122 e. The van der Waals surface area contributed by atoms with Gasteiger partial charge in [-0.05, 0) is 20.4 Å². The van der Waals surface area contributed by atoms with Crippen molar-refractivity contribution in [3.05, 3.63) is 18.2 Å². The van der Waals surface area contributed by atoms with Gasteiger partial charge in [0.15, 0.2) is 0 Å². The first kappa shape index (κ1) is 13.2. The highest BCUT2D eigenvalue weighted by Gasteiger charge is 2.17. The van der Waals surface area contributed by atoms with E-state index in [4.69, 9.17) is 10.8 Å². The second kappa shape index (κ2) is 5.43. The minimum Gasteiger partial charge on any atom is -0.394 e. The molecule has 0 aliphatic carbocycles. The van der Waals surface area contributed by atoms with Gasteiger partial charge in [-0.1, -0.05) is 0 Å². The summed E-state index contributed by atoms with van der Waals surface area (Å²) in [4.78, 5) is 6.42. The smallest absolute Gasteiger partial charge is 0.122 e. The molecule has 0 amide bonds. The quantitative estimate of drug-likeness (QED) is 0.714. The third kappa shape index (κ3) is 3.92. The van der Waals surface area contributed by atoms with Crippen molar-refractivity contribution in [3.8, 4) is 0 Å². The van der Waals surface area contributed by atoms with Gasteiger partial charge in [-0.3, -0.25) is 4.90 Å². The highest BCUT2D eigenvalue weighted by atomic mass is 16.3. The molecule has 92 valence electrons. The predicted octanol–water partition coefficient (Wildman–Crippen LogP) is -0.0483. The molecule has 1 heterocycles. The summed E-state index contributed by atoms with van der Waals surface area (Å²) in [5, 5.41) is 9.05. The minimum atomic E-state index is -0.490. The summed E-state index contributed by atoms with van der Waals surface area (Å²) in [7, 11) is 4.01. The van der Waals surface area contributed by atoms with E-state index in [1.54, 1.807) is 6.20 Å². The topological polar surface area (TPSA) is 67.3 Å². The molecule has 1 rings (SSSR count). The molecule has 1 unspecified atom stereocenters. The highest BCUT2D eigenvalue weighted by Crippen LogP contribution is 2.07. The van der Waals surface area contributed by atoms with E-state index < -0.39 is 5.54 Å². The molecule has 0 aliphatic rings. The molecule has 0 aromatic carbocycles. The van der Waals surface area contributed by atoms with Crippen molar-refractivity contribution in [2.24, 2.45) is 12.8 Å². The van der Waals surface area contributed by atoms with E-state index in [0.717, 1.165) is 25.3 Å². The maximum atomic E-state index is 9.05. The Bertz CT molecular complexity index is 322. The van der Waals surface area contributed by atoms with E-state index in [1.165, 1.54) is 0 Å². The predicted molar refractivity (Wildman–Crippen MR) is 63.8 cm³/mol. The van der Waals surface area contributed by atoms with Crippen LogP contribution in [0.15, 0.2) is 12.4 Å². The molecule has 0 spiro atoms. The molecular formula is C11H22N4O. The molecule has 5 nitrogen and oxygen atoms in total. The van der Waals surface area contributed by atoms with E-state index in [2.05, 4.69) is 9.88 Å². The van der Waals surface area contributed by atoms with Crippen molar-refractivity contribution >= 4 is 0 Å². The normalized spacial score (nSPS) is 15.4. The lowest BCUT2D eigenvalue weighted by Crippen LogP contribution is -2.43. The lowest BCUT2D eigenvalue weighted by Gasteiger charge is -2.25. The number of nitrogens with zero attached hydrogens (tertiary/aromatic N) is 3. The molecule has 0 aliphatic heterocycles. The maximum absolute atomic E-state index is 9.05. The first-order chi connectivity index (χ1) is 7.44. The lowest BCUT2D eigenvalue weighted by atomic mass is 10.0. The summed E-state index contributed by atoms with van der Waals surface area (Å²) in [6.45, 7) is 3.52. The van der Waals surface area contributed by atoms with Crippen LogP contribution in [0.3, 0.4) is 0 Å². The van der Waals surface area contributed by atoms with E-state index in [-0.39, 0.29) is 6.61 Å². The molecule has 16 heavy (non-hydrogen) atoms. The van der Waals surface area contributed by atoms with Gasteiger partial charge in [-0.25, -0.2) is 4.98 Å². The average molecular weight is 226 g/mol. The third-order valence-corrected chi connectivity index (χ3v) is 2.76. The number of hydrogen-bond donors (Lipinski definition) is 2. The number of rotatable bonds is 6. The molecule has 0 saturated heterocycles. The fraction of sp³-hybridized carbons (Fsp3) is 0.727. The molecule has 0 fully saturated rings. The monoisotopic (exact) mass is 226 g/mol. The minimum absolute atomic E-state index is 0.0171. The SMILES string of the molecule is CN(CCC(C)(N)CO)Cc1nccn1C. The lowest BCUT2D eigenvalue weighted by molar-refractivity contribution is 0.180. The number of aliphatic hydroxyl groups excluding tert-OH is 1. The van der Waals surface area contributed by atoms with Crippen molar-refractivity contribution in [2.75, 3.05) is 20.2 Å². The van der Waals surface area contributed by atoms with Crippen LogP contribution in [-0.2, 0) is 13.6 Å². The summed E-state index contributed by atoms with van der Waals surface area (Å²) in [6.07, 6.45) is 4.50. The highest BCUT2D eigenvalue weighted by molar-refractivity contribution is 4.90. The summed E-state index contributed by atoms with van der Waals surface area (Å²) < 4.78 is 2.00. The van der Waals surface area contributed by atoms with Gasteiger partial charge in [0.1, 0.15) is 5.82 Å². The average Bonchev–Trinajstić information content (AvgIpc) is 2.62. The number of aryl methyl sites for hydroxylation is 1. The molecule has 1 aromatic heterocycles. The Morgan fingerprint density at radius 1 is 1.62 bits per heavy atom. The first-order valence-corrected chi connectivity index (χ1v) is 5.49. The van der Waals surface area contributed by atoms with Crippen LogP contribution in [0.25, 0.3) is 0 Å². The number of hydrogen-bond acceptors (Lipinski definition) is 4. The van der Waals surface area contributed by atoms with Crippen LogP contribution in [0.4, 0.5) is 0 Å². The Labute approximate surface area is 96.9 Å². The summed E-state index contributed by atoms with van der Waals surface area (Å²) in [5.41, 5.74) is 5.38. The third-order valence-electron chi connectivity index (χ3n) is 2.76. The number of aromatic nitrogens is 2. The molecular weight excluding hydrogens is 204 g/mol. The van der Waals surface area contributed by atoms with Gasteiger partial charge in [-0.15, -0.1) is 0 Å². The van der Waals surface area contributed by atoms with E-state index in [0.29, 0.717) is 0 Å². The van der Waals surface area contributed by atoms with Crippen molar-refractivity contribution in [1.29, 1.82) is 0 Å². The van der Waals surface area contributed by atoms with E-state index in [9.17, 15) is 0 Å². The van der Waals surface area contributed by atoms with Gasteiger partial charge in [-0.2, -0.15) is 0 Å². The summed E-state index contributed by atoms with van der Waals surface area (Å²) in [5.74, 6) is 1.03. The van der Waals surface area contributed by atoms with Crippen LogP contribution in [0.1, 0.15) is 19.2 Å². The largest absolute Gasteiger partial charge is 0.394 e. The van der Waals surface area contributed by atoms with Crippen molar-refractivity contribution in [1.82, 2.24) is 14.5 Å². The van der Waals surface area contributed by atoms with E-state index >= 15 is 0 Å². The van der Waals surface area contributed by atoms with Crippen LogP contribution in [0.5, 0.6) is 0 Å². The molecule has 3 N–H and O–H groups in total. The Hall–Kier alpha value is -0.910. The Morgan fingerprint density at radius 3 is 2.81 bits per heavy atom. The van der Waals surface area contributed by atoms with Gasteiger partial charge >= 0.3 is 0 Å². The van der Waals surface area contributed by atoms with Gasteiger partial charge in [0.2, 0.25) is 0 Å². The van der Waals surface area contributed by atoms with Gasteiger partial charge in [0, 0.05) is 31.5 Å². The number of imidazole rings is 1. The molecule has 0 bridgehead atoms. The van der Waals surface area contributed by atoms with Gasteiger partial charge in [0.25, 0.3) is 0 Å². The summed E-state index contributed by atoms with van der Waals surface area (Å²) >= 11 is 0. The fourth-order valence-corrected chi connectivity index (χ4v) is 1.39. The van der Waals surface area contributed by atoms with Crippen molar-refractivity contribution in [3.63, 3.8) is 0 Å². The molecule has 0 radical (unpaired) electrons. The van der Waals surface area contributed by atoms with Crippen molar-refractivity contribution < 1.29 is 5.11 Å². The molecule has 0 saturated carbocycles. The van der Waals surface area contributed by atoms with Crippen LogP contribution < -0.4 is 5.73 Å². The van der Waals surface area contributed by atoms with Crippen LogP contribution in [-0.4, -0.2) is 45.3 Å². The standard InChI is InChI=1S/C11H22N4O/c1-11(12,9-16)4-6-14(2)8-10-13-5-7-15(10)3/h5,7,16H,4,6,8-9,12H2,1-3H3. The van der Waals surface area contributed by atoms with Crippen LogP contribution >= 0.6 is 0 Å².